The number of halogens is 2. The number of hydrazine groups is 2. The molecule has 6 N–H and O–H groups in total. The summed E-state index contributed by atoms with van der Waals surface area (Å²) in [4.78, 5) is 42.4. The quantitative estimate of drug-likeness (QED) is 0.0399. The number of alkyl halides is 2. The van der Waals surface area contributed by atoms with E-state index < -0.39 is 0 Å². The van der Waals surface area contributed by atoms with Crippen molar-refractivity contribution in [2.45, 2.75) is 195 Å². The van der Waals surface area contributed by atoms with Crippen LogP contribution in [0.3, 0.4) is 0 Å². The molecule has 8 rings (SSSR count). The number of nitrogens with zero attached hydrogens (tertiary/aromatic N) is 4. The summed E-state index contributed by atoms with van der Waals surface area (Å²) in [6.07, 6.45) is 15.4. The van der Waals surface area contributed by atoms with Crippen LogP contribution in [0.4, 0.5) is 0 Å². The molecule has 0 aromatic heterocycles. The van der Waals surface area contributed by atoms with Gasteiger partial charge in [0.25, 0.3) is 0 Å². The normalized spacial score (nSPS) is 34.8. The number of amides is 2. The SMILES string of the molecule is CCNC(=O)C[C@@H]1N=C(C2CCC(Cl)CC2)C2CC(OCCOCCOCCOCCOCCOCCOCCOCCNC(=O)C[C@@H]3N=C(C4CCC(Cl)CC4)C4CC(OC)CCC4N4C(C)NNC34)CCC2N2C(C)NNC12. The molecule has 80 heavy (non-hydrogen) atoms. The largest absolute Gasteiger partial charge is 0.381 e. The van der Waals surface area contributed by atoms with E-state index in [2.05, 4.69) is 56.0 Å². The van der Waals surface area contributed by atoms with Crippen LogP contribution in [0, 0.1) is 23.7 Å². The molecule has 0 radical (unpaired) electrons. The van der Waals surface area contributed by atoms with Crippen LogP contribution in [0.2, 0.25) is 0 Å². The lowest BCUT2D eigenvalue weighted by molar-refractivity contribution is -0.122. The van der Waals surface area contributed by atoms with Gasteiger partial charge in [0.05, 0.1) is 161 Å². The number of carbonyl (C=O) groups excluding carboxylic acids is 2. The molecule has 12 atom stereocenters. The van der Waals surface area contributed by atoms with Crippen LogP contribution in [0.1, 0.15) is 124 Å². The van der Waals surface area contributed by atoms with Crippen LogP contribution < -0.4 is 32.3 Å². The third-order valence-electron chi connectivity index (χ3n) is 17.9. The van der Waals surface area contributed by atoms with E-state index in [4.69, 9.17) is 75.8 Å². The summed E-state index contributed by atoms with van der Waals surface area (Å²) >= 11 is 13.1. The summed E-state index contributed by atoms with van der Waals surface area (Å²) in [5.41, 5.74) is 16.5. The zero-order valence-electron chi connectivity index (χ0n) is 48.6. The van der Waals surface area contributed by atoms with E-state index in [0.717, 1.165) is 89.9 Å². The number of fused-ring (bicyclic) bond motifs is 6. The van der Waals surface area contributed by atoms with Crippen molar-refractivity contribution in [1.82, 2.24) is 42.1 Å². The van der Waals surface area contributed by atoms with Crippen molar-refractivity contribution in [2.75, 3.05) is 119 Å². The Morgan fingerprint density at radius 1 is 0.512 bits per heavy atom. The van der Waals surface area contributed by atoms with Gasteiger partial charge >= 0.3 is 0 Å². The first-order valence-electron chi connectivity index (χ1n) is 30.8. The van der Waals surface area contributed by atoms with Crippen molar-refractivity contribution in [3.8, 4) is 0 Å². The van der Waals surface area contributed by atoms with E-state index >= 15 is 0 Å². The number of hydrogen-bond acceptors (Lipinski definition) is 19. The number of carbonyl (C=O) groups is 2. The standard InChI is InChI=1S/C57H100Cl2N10O11/c1-5-60-52(70)36-48-56-66-65-39(3)69(56)51-17-15-45(35-47(51)55(62-48)41-8-12-43(59)13-9-41)80-33-32-79-31-30-78-29-28-77-27-26-76-25-24-75-23-22-74-21-20-73-19-18-61-53(71)37-49-57-67-64-38(2)68(57)50-16-14-44(72-4)34-46(50)54(63-49)40-6-10-42(58)11-7-40/h38-51,56-57,64-67H,5-37H2,1-4H3,(H,60,70)(H,61,71)/t38?,39?,40?,41?,42?,43?,44?,45?,46?,47?,48-,49-,50?,51?,56?,57?/m0/s1. The Balaban J connectivity index is 0.596. The smallest absolute Gasteiger partial charge is 0.222 e. The Morgan fingerprint density at radius 2 is 0.900 bits per heavy atom. The highest BCUT2D eigenvalue weighted by molar-refractivity contribution is 6.21. The summed E-state index contributed by atoms with van der Waals surface area (Å²) < 4.78 is 52.3. The average molecular weight is 1170 g/mol. The van der Waals surface area contributed by atoms with Crippen LogP contribution >= 0.6 is 23.2 Å². The zero-order valence-corrected chi connectivity index (χ0v) is 50.1. The van der Waals surface area contributed by atoms with Gasteiger partial charge in [-0.05, 0) is 122 Å². The fourth-order valence-corrected chi connectivity index (χ4v) is 14.4. The number of ether oxygens (including phenoxy) is 9. The number of hydrogen-bond donors (Lipinski definition) is 6. The topological polar surface area (TPSA) is 221 Å². The van der Waals surface area contributed by atoms with Gasteiger partial charge in [-0.1, -0.05) is 0 Å². The molecule has 0 bridgehead atoms. The van der Waals surface area contributed by atoms with Crippen LogP contribution in [-0.4, -0.2) is 224 Å². The maximum absolute atomic E-state index is 13.4. The first kappa shape index (κ1) is 64.3. The van der Waals surface area contributed by atoms with Gasteiger partial charge in [0.2, 0.25) is 11.8 Å². The number of methoxy groups -OCH3 is 1. The van der Waals surface area contributed by atoms with Gasteiger partial charge in [0.1, 0.15) is 0 Å². The fraction of sp³-hybridized carbons (Fsp3) is 0.930. The van der Waals surface area contributed by atoms with Crippen LogP contribution in [0.25, 0.3) is 0 Å². The van der Waals surface area contributed by atoms with E-state index in [-0.39, 0.29) is 77.4 Å². The lowest BCUT2D eigenvalue weighted by Gasteiger charge is -2.44. The molecular formula is C57H100Cl2N10O11. The minimum Gasteiger partial charge on any atom is -0.381 e. The monoisotopic (exact) mass is 1170 g/mol. The molecule has 2 amide bonds. The summed E-state index contributed by atoms with van der Waals surface area (Å²) in [5, 5.41) is 6.54. The maximum atomic E-state index is 13.4. The summed E-state index contributed by atoms with van der Waals surface area (Å²) in [6, 6.07) is 0.290. The molecule has 21 nitrogen and oxygen atoms in total. The van der Waals surface area contributed by atoms with E-state index in [9.17, 15) is 9.59 Å². The second-order valence-corrected chi connectivity index (χ2v) is 24.4. The lowest BCUT2D eigenvalue weighted by atomic mass is 9.72. The highest BCUT2D eigenvalue weighted by atomic mass is 35.5. The van der Waals surface area contributed by atoms with E-state index in [1.54, 1.807) is 0 Å². The highest BCUT2D eigenvalue weighted by Crippen LogP contribution is 2.44. The molecule has 23 heteroatoms. The Kier molecular flexibility index (Phi) is 27.6. The van der Waals surface area contributed by atoms with Crippen molar-refractivity contribution in [3.05, 3.63) is 0 Å². The third-order valence-corrected chi connectivity index (χ3v) is 18.7. The first-order valence-corrected chi connectivity index (χ1v) is 31.7. The van der Waals surface area contributed by atoms with Gasteiger partial charge in [-0.3, -0.25) is 29.4 Å². The fourth-order valence-electron chi connectivity index (χ4n) is 13.9. The van der Waals surface area contributed by atoms with Gasteiger partial charge in [-0.25, -0.2) is 21.7 Å². The molecule has 4 heterocycles. The Bertz CT molecular complexity index is 1890. The van der Waals surface area contributed by atoms with Crippen molar-refractivity contribution in [1.29, 1.82) is 0 Å². The molecule has 4 aliphatic heterocycles. The lowest BCUT2D eigenvalue weighted by Crippen LogP contribution is -2.55. The zero-order chi connectivity index (χ0) is 56.1. The number of rotatable bonds is 33. The maximum Gasteiger partial charge on any atom is 0.222 e. The van der Waals surface area contributed by atoms with E-state index in [0.29, 0.717) is 155 Å². The molecule has 0 spiro atoms. The van der Waals surface area contributed by atoms with E-state index in [1.165, 1.54) is 11.4 Å². The highest BCUT2D eigenvalue weighted by Gasteiger charge is 2.52. The van der Waals surface area contributed by atoms with Crippen LogP contribution in [0.5, 0.6) is 0 Å². The number of nitrogens with one attached hydrogen (secondary N) is 6. The van der Waals surface area contributed by atoms with Gasteiger partial charge in [0, 0.05) is 66.3 Å². The Morgan fingerprint density at radius 3 is 1.32 bits per heavy atom. The molecule has 4 aliphatic carbocycles. The molecular weight excluding hydrogens is 1070 g/mol. The molecule has 6 fully saturated rings. The third kappa shape index (κ3) is 18.9. The van der Waals surface area contributed by atoms with Crippen molar-refractivity contribution in [2.24, 2.45) is 33.7 Å². The Hall–Kier alpha value is -1.74. The second-order valence-electron chi connectivity index (χ2n) is 23.2. The summed E-state index contributed by atoms with van der Waals surface area (Å²) in [5.74, 6) is 1.38. The van der Waals surface area contributed by atoms with Gasteiger partial charge in [-0.15, -0.1) is 23.2 Å². The molecule has 0 aromatic rings. The molecule has 2 saturated heterocycles. The van der Waals surface area contributed by atoms with Crippen molar-refractivity contribution in [3.63, 3.8) is 0 Å². The van der Waals surface area contributed by atoms with Crippen molar-refractivity contribution >= 4 is 46.4 Å². The van der Waals surface area contributed by atoms with E-state index in [1.807, 2.05) is 14.0 Å². The predicted octanol–water partition coefficient (Wildman–Crippen LogP) is 4.28. The summed E-state index contributed by atoms with van der Waals surface area (Å²) in [6.45, 7) is 14.5. The molecule has 458 valence electrons. The van der Waals surface area contributed by atoms with Crippen molar-refractivity contribution < 1.29 is 52.2 Å². The van der Waals surface area contributed by atoms with Gasteiger partial charge in [-0.2, -0.15) is 0 Å². The Labute approximate surface area is 487 Å². The minimum absolute atomic E-state index is 0.0216. The molecule has 10 unspecified atom stereocenters. The van der Waals surface area contributed by atoms with Crippen LogP contribution in [-0.2, 0) is 52.2 Å². The second kappa shape index (κ2) is 34.4. The van der Waals surface area contributed by atoms with Gasteiger partial charge < -0.3 is 53.3 Å². The molecule has 8 aliphatic rings. The minimum atomic E-state index is -0.209. The van der Waals surface area contributed by atoms with Gasteiger partial charge in [0.15, 0.2) is 0 Å². The van der Waals surface area contributed by atoms with Crippen LogP contribution in [0.15, 0.2) is 9.98 Å². The number of aliphatic imine (C=N–C) groups is 2. The average Bonchev–Trinajstić information content (AvgIpc) is 3.97. The molecule has 4 saturated carbocycles. The molecule has 0 aromatic carbocycles. The summed E-state index contributed by atoms with van der Waals surface area (Å²) in [7, 11) is 1.83. The predicted molar refractivity (Wildman–Crippen MR) is 308 cm³/mol. The first-order chi connectivity index (χ1) is 39.1.